The molecule has 0 aliphatic heterocycles. The van der Waals surface area contributed by atoms with Gasteiger partial charge in [-0.2, -0.15) is 0 Å². The molecule has 0 atom stereocenters. The van der Waals surface area contributed by atoms with Crippen molar-refractivity contribution >= 4 is 38.1 Å². The van der Waals surface area contributed by atoms with Gasteiger partial charge in [0.2, 0.25) is 5.13 Å². The largest absolute Gasteiger partial charge is 0.504 e. The Morgan fingerprint density at radius 1 is 1.18 bits per heavy atom. The minimum atomic E-state index is 0.0743. The monoisotopic (exact) mass is 377 g/mol. The molecule has 0 aliphatic rings. The predicted molar refractivity (Wildman–Crippen MR) is 91.0 cm³/mol. The quantitative estimate of drug-likeness (QED) is 0.703. The maximum absolute atomic E-state index is 9.76. The molecule has 1 aromatic heterocycles. The predicted octanol–water partition coefficient (Wildman–Crippen LogP) is 4.43. The normalized spacial score (nSPS) is 10.5. The minimum Gasteiger partial charge on any atom is -0.504 e. The van der Waals surface area contributed by atoms with E-state index < -0.39 is 0 Å². The Labute approximate surface area is 139 Å². The molecule has 3 aromatic rings. The summed E-state index contributed by atoms with van der Waals surface area (Å²) in [4.78, 5) is 0. The number of hydrogen-bond donors (Lipinski definition) is 2. The molecule has 0 radical (unpaired) electrons. The number of phenolic OH excluding ortho intramolecular Hbond substituents is 1. The summed E-state index contributed by atoms with van der Waals surface area (Å²) in [6.45, 7) is 0. The van der Waals surface area contributed by atoms with Crippen molar-refractivity contribution < 1.29 is 9.84 Å². The molecule has 3 rings (SSSR count). The van der Waals surface area contributed by atoms with E-state index in [1.165, 1.54) is 18.4 Å². The first-order valence-corrected chi connectivity index (χ1v) is 8.01. The summed E-state index contributed by atoms with van der Waals surface area (Å²) in [5, 5.41) is 22.7. The van der Waals surface area contributed by atoms with Gasteiger partial charge in [-0.15, -0.1) is 10.2 Å². The number of nitrogens with one attached hydrogen (secondary N) is 1. The second-order valence-corrected chi connectivity index (χ2v) is 6.24. The van der Waals surface area contributed by atoms with Crippen molar-refractivity contribution in [3.05, 3.63) is 46.9 Å². The summed E-state index contributed by atoms with van der Waals surface area (Å²) in [5.41, 5.74) is 1.76. The fraction of sp³-hybridized carbons (Fsp3) is 0.0667. The number of aromatic nitrogens is 2. The van der Waals surface area contributed by atoms with Crippen molar-refractivity contribution in [2.45, 2.75) is 0 Å². The van der Waals surface area contributed by atoms with E-state index in [0.29, 0.717) is 10.9 Å². The third-order valence-electron chi connectivity index (χ3n) is 2.95. The van der Waals surface area contributed by atoms with E-state index in [9.17, 15) is 5.11 Å². The highest BCUT2D eigenvalue weighted by atomic mass is 79.9. The first-order valence-electron chi connectivity index (χ1n) is 6.40. The Morgan fingerprint density at radius 3 is 2.68 bits per heavy atom. The van der Waals surface area contributed by atoms with Gasteiger partial charge in [-0.1, -0.05) is 29.5 Å². The van der Waals surface area contributed by atoms with Crippen LogP contribution in [0.2, 0.25) is 0 Å². The SMILES string of the molecule is COc1cc(-c2nnc(Nc3ccccc3)s2)c(Br)cc1O. The molecular weight excluding hydrogens is 366 g/mol. The summed E-state index contributed by atoms with van der Waals surface area (Å²) in [7, 11) is 1.51. The molecule has 2 aromatic carbocycles. The Bertz CT molecular complexity index is 793. The number of phenols is 1. The third kappa shape index (κ3) is 3.05. The molecule has 0 bridgehead atoms. The molecule has 7 heteroatoms. The number of rotatable bonds is 4. The number of anilines is 2. The molecular formula is C15H12BrN3O2S. The van der Waals surface area contributed by atoms with Crippen LogP contribution in [0.5, 0.6) is 11.5 Å². The van der Waals surface area contributed by atoms with Crippen LogP contribution in [0.3, 0.4) is 0 Å². The second-order valence-electron chi connectivity index (χ2n) is 4.41. The zero-order valence-corrected chi connectivity index (χ0v) is 14.0. The molecule has 112 valence electrons. The molecule has 0 unspecified atom stereocenters. The van der Waals surface area contributed by atoms with Gasteiger partial charge in [0.1, 0.15) is 0 Å². The van der Waals surface area contributed by atoms with Crippen LogP contribution < -0.4 is 10.1 Å². The highest BCUT2D eigenvalue weighted by Crippen LogP contribution is 2.39. The van der Waals surface area contributed by atoms with Crippen molar-refractivity contribution in [2.24, 2.45) is 0 Å². The molecule has 5 nitrogen and oxygen atoms in total. The van der Waals surface area contributed by atoms with Crippen LogP contribution in [0.1, 0.15) is 0 Å². The highest BCUT2D eigenvalue weighted by molar-refractivity contribution is 9.10. The van der Waals surface area contributed by atoms with Crippen molar-refractivity contribution in [1.29, 1.82) is 0 Å². The van der Waals surface area contributed by atoms with Gasteiger partial charge in [0.15, 0.2) is 16.5 Å². The van der Waals surface area contributed by atoms with Crippen molar-refractivity contribution in [3.8, 4) is 22.1 Å². The van der Waals surface area contributed by atoms with E-state index in [0.717, 1.165) is 20.7 Å². The fourth-order valence-electron chi connectivity index (χ4n) is 1.90. The van der Waals surface area contributed by atoms with E-state index in [4.69, 9.17) is 4.74 Å². The van der Waals surface area contributed by atoms with Crippen molar-refractivity contribution in [3.63, 3.8) is 0 Å². The number of hydrogen-bond acceptors (Lipinski definition) is 6. The number of methoxy groups -OCH3 is 1. The number of para-hydroxylation sites is 1. The Kier molecular flexibility index (Phi) is 4.26. The molecule has 1 heterocycles. The third-order valence-corrected chi connectivity index (χ3v) is 4.48. The summed E-state index contributed by atoms with van der Waals surface area (Å²) < 4.78 is 5.86. The Hall–Kier alpha value is -2.12. The lowest BCUT2D eigenvalue weighted by molar-refractivity contribution is 0.373. The second kappa shape index (κ2) is 6.33. The number of nitrogens with zero attached hydrogens (tertiary/aromatic N) is 2. The average Bonchev–Trinajstić information content (AvgIpc) is 2.97. The van der Waals surface area contributed by atoms with Gasteiger partial charge in [-0.3, -0.25) is 0 Å². The van der Waals surface area contributed by atoms with E-state index >= 15 is 0 Å². The summed E-state index contributed by atoms with van der Waals surface area (Å²) in [6.07, 6.45) is 0. The van der Waals surface area contributed by atoms with Crippen molar-refractivity contribution in [2.75, 3.05) is 12.4 Å². The molecule has 0 saturated carbocycles. The zero-order valence-electron chi connectivity index (χ0n) is 11.6. The average molecular weight is 378 g/mol. The summed E-state index contributed by atoms with van der Waals surface area (Å²) in [6, 6.07) is 13.1. The standard InChI is InChI=1S/C15H12BrN3O2S/c1-21-13-7-10(11(16)8-12(13)20)14-18-19-15(22-14)17-9-5-3-2-4-6-9/h2-8,20H,1H3,(H,17,19). The van der Waals surface area contributed by atoms with E-state index in [2.05, 4.69) is 31.4 Å². The van der Waals surface area contributed by atoms with E-state index in [-0.39, 0.29) is 5.75 Å². The molecule has 0 fully saturated rings. The summed E-state index contributed by atoms with van der Waals surface area (Å²) >= 11 is 4.85. The van der Waals surface area contributed by atoms with Crippen LogP contribution in [0, 0.1) is 0 Å². The minimum absolute atomic E-state index is 0.0743. The lowest BCUT2D eigenvalue weighted by Crippen LogP contribution is -1.88. The van der Waals surface area contributed by atoms with Crippen LogP contribution in [0.4, 0.5) is 10.8 Å². The van der Waals surface area contributed by atoms with E-state index in [1.807, 2.05) is 30.3 Å². The number of benzene rings is 2. The van der Waals surface area contributed by atoms with Gasteiger partial charge in [-0.05, 0) is 40.2 Å². The molecule has 0 saturated heterocycles. The molecule has 22 heavy (non-hydrogen) atoms. The zero-order chi connectivity index (χ0) is 15.5. The van der Waals surface area contributed by atoms with Crippen LogP contribution in [0.25, 0.3) is 10.6 Å². The first kappa shape index (κ1) is 14.8. The highest BCUT2D eigenvalue weighted by Gasteiger charge is 2.14. The van der Waals surface area contributed by atoms with Crippen LogP contribution in [0.15, 0.2) is 46.9 Å². The molecule has 0 amide bonds. The van der Waals surface area contributed by atoms with Gasteiger partial charge in [0.05, 0.1) is 7.11 Å². The summed E-state index contributed by atoms with van der Waals surface area (Å²) in [5.74, 6) is 0.469. The number of ether oxygens (including phenoxy) is 1. The molecule has 2 N–H and O–H groups in total. The van der Waals surface area contributed by atoms with Gasteiger partial charge in [-0.25, -0.2) is 0 Å². The molecule has 0 aliphatic carbocycles. The van der Waals surface area contributed by atoms with Gasteiger partial charge < -0.3 is 15.2 Å². The van der Waals surface area contributed by atoms with Crippen molar-refractivity contribution in [1.82, 2.24) is 10.2 Å². The topological polar surface area (TPSA) is 67.3 Å². The Morgan fingerprint density at radius 2 is 1.95 bits per heavy atom. The lowest BCUT2D eigenvalue weighted by atomic mass is 10.2. The van der Waals surface area contributed by atoms with Gasteiger partial charge >= 0.3 is 0 Å². The Balaban J connectivity index is 1.91. The molecule has 0 spiro atoms. The fourth-order valence-corrected chi connectivity index (χ4v) is 3.34. The van der Waals surface area contributed by atoms with Gasteiger partial charge in [0.25, 0.3) is 0 Å². The maximum Gasteiger partial charge on any atom is 0.210 e. The number of halogens is 1. The van der Waals surface area contributed by atoms with E-state index in [1.54, 1.807) is 12.1 Å². The van der Waals surface area contributed by atoms with Gasteiger partial charge in [0, 0.05) is 15.7 Å². The smallest absolute Gasteiger partial charge is 0.210 e. The van der Waals surface area contributed by atoms with Crippen LogP contribution in [-0.4, -0.2) is 22.4 Å². The lowest BCUT2D eigenvalue weighted by Gasteiger charge is -2.06. The van der Waals surface area contributed by atoms with Crippen LogP contribution in [-0.2, 0) is 0 Å². The first-order chi connectivity index (χ1) is 10.7. The van der Waals surface area contributed by atoms with Crippen LogP contribution >= 0.6 is 27.3 Å². The number of aromatic hydroxyl groups is 1. The maximum atomic E-state index is 9.76.